The zero-order chi connectivity index (χ0) is 16.5. The molecule has 0 atom stereocenters. The predicted octanol–water partition coefficient (Wildman–Crippen LogP) is 3.36. The van der Waals surface area contributed by atoms with Crippen LogP contribution in [0.3, 0.4) is 0 Å². The first-order chi connectivity index (χ1) is 11.7. The van der Waals surface area contributed by atoms with Crippen LogP contribution in [0.2, 0.25) is 0 Å². The lowest BCUT2D eigenvalue weighted by atomic mass is 10.1. The van der Waals surface area contributed by atoms with Crippen LogP contribution < -0.4 is 5.32 Å². The van der Waals surface area contributed by atoms with E-state index in [1.165, 1.54) is 18.2 Å². The van der Waals surface area contributed by atoms with E-state index in [2.05, 4.69) is 20.5 Å². The number of rotatable bonds is 3. The molecule has 1 aliphatic rings. The molecule has 0 amide bonds. The molecule has 0 radical (unpaired) electrons. The molecule has 3 aromatic rings. The molecule has 4 nitrogen and oxygen atoms in total. The van der Waals surface area contributed by atoms with E-state index in [9.17, 15) is 8.78 Å². The van der Waals surface area contributed by atoms with E-state index in [1.807, 2.05) is 12.1 Å². The number of amidine groups is 1. The third kappa shape index (κ3) is 2.67. The van der Waals surface area contributed by atoms with Gasteiger partial charge < -0.3 is 5.32 Å². The number of benzene rings is 2. The number of fused-ring (bicyclic) bond motifs is 1. The largest absolute Gasteiger partial charge is 0.368 e. The van der Waals surface area contributed by atoms with Crippen molar-refractivity contribution in [2.45, 2.75) is 0 Å². The fraction of sp³-hybridized carbons (Fsp3) is 0.111. The van der Waals surface area contributed by atoms with Gasteiger partial charge in [0.1, 0.15) is 17.2 Å². The Bertz CT molecular complexity index is 955. The number of hydrogen-bond acceptors (Lipinski definition) is 3. The molecular weight excluding hydrogens is 310 g/mol. The molecule has 2 heterocycles. The van der Waals surface area contributed by atoms with Crippen LogP contribution in [0.4, 0.5) is 8.78 Å². The number of aromatic amines is 1. The molecule has 0 aliphatic carbocycles. The van der Waals surface area contributed by atoms with Crippen molar-refractivity contribution in [3.8, 4) is 0 Å². The molecule has 6 heteroatoms. The average Bonchev–Trinajstić information content (AvgIpc) is 3.24. The smallest absolute Gasteiger partial charge is 0.152 e. The summed E-state index contributed by atoms with van der Waals surface area (Å²) in [6.07, 6.45) is 3.62. The van der Waals surface area contributed by atoms with Crippen molar-refractivity contribution in [2.24, 2.45) is 4.99 Å². The van der Waals surface area contributed by atoms with E-state index < -0.39 is 5.82 Å². The maximum atomic E-state index is 14.3. The van der Waals surface area contributed by atoms with Crippen LogP contribution in [0.1, 0.15) is 16.8 Å². The van der Waals surface area contributed by atoms with Gasteiger partial charge in [0.25, 0.3) is 0 Å². The summed E-state index contributed by atoms with van der Waals surface area (Å²) < 4.78 is 27.2. The number of nitrogens with one attached hydrogen (secondary N) is 2. The summed E-state index contributed by atoms with van der Waals surface area (Å²) >= 11 is 0. The number of H-pyrrole nitrogens is 1. The molecule has 1 aliphatic heterocycles. The lowest BCUT2D eigenvalue weighted by Gasteiger charge is -2.03. The maximum Gasteiger partial charge on any atom is 0.152 e. The Balaban J connectivity index is 1.74. The molecule has 0 bridgehead atoms. The Morgan fingerprint density at radius 1 is 1.04 bits per heavy atom. The van der Waals surface area contributed by atoms with Crippen LogP contribution in [0.15, 0.2) is 41.4 Å². The van der Waals surface area contributed by atoms with Gasteiger partial charge in [-0.25, -0.2) is 8.78 Å². The molecule has 4 rings (SSSR count). The number of aromatic nitrogens is 2. The van der Waals surface area contributed by atoms with Gasteiger partial charge in [-0.15, -0.1) is 0 Å². The maximum absolute atomic E-state index is 14.3. The van der Waals surface area contributed by atoms with Crippen molar-refractivity contribution in [3.63, 3.8) is 0 Å². The SMILES string of the molecule is Fc1ccc(/C=C/c2[nH]nc3c(F)cc(C4=NCCN4)cc23)cc1. The summed E-state index contributed by atoms with van der Waals surface area (Å²) in [4.78, 5) is 4.32. The topological polar surface area (TPSA) is 53.1 Å². The summed E-state index contributed by atoms with van der Waals surface area (Å²) in [5, 5.41) is 10.7. The van der Waals surface area contributed by atoms with E-state index in [1.54, 1.807) is 18.2 Å². The fourth-order valence-electron chi connectivity index (χ4n) is 2.70. The van der Waals surface area contributed by atoms with Gasteiger partial charge in [0, 0.05) is 17.5 Å². The Hall–Kier alpha value is -3.02. The first kappa shape index (κ1) is 14.6. The number of aliphatic imine (C=N–C) groups is 1. The van der Waals surface area contributed by atoms with Crippen molar-refractivity contribution in [2.75, 3.05) is 13.1 Å². The molecule has 2 aromatic carbocycles. The van der Waals surface area contributed by atoms with Crippen molar-refractivity contribution in [1.82, 2.24) is 15.5 Å². The van der Waals surface area contributed by atoms with Crippen molar-refractivity contribution in [3.05, 3.63) is 64.9 Å². The number of nitrogens with zero attached hydrogens (tertiary/aromatic N) is 2. The van der Waals surface area contributed by atoms with Crippen molar-refractivity contribution >= 4 is 28.9 Å². The Morgan fingerprint density at radius 2 is 1.88 bits per heavy atom. The average molecular weight is 324 g/mol. The van der Waals surface area contributed by atoms with Crippen LogP contribution >= 0.6 is 0 Å². The summed E-state index contributed by atoms with van der Waals surface area (Å²) in [5.74, 6) is 0.0257. The van der Waals surface area contributed by atoms with Gasteiger partial charge in [-0.1, -0.05) is 18.2 Å². The number of hydrogen-bond donors (Lipinski definition) is 2. The van der Waals surface area contributed by atoms with Gasteiger partial charge in [0.2, 0.25) is 0 Å². The molecule has 2 N–H and O–H groups in total. The molecule has 0 saturated heterocycles. The highest BCUT2D eigenvalue weighted by molar-refractivity contribution is 6.03. The summed E-state index contributed by atoms with van der Waals surface area (Å²) in [7, 11) is 0. The van der Waals surface area contributed by atoms with E-state index in [0.717, 1.165) is 12.1 Å². The standard InChI is InChI=1S/C18H14F2N4/c19-13-4-1-11(2-5-13)3-6-16-14-9-12(18-21-7-8-22-18)10-15(20)17(14)24-23-16/h1-6,9-10H,7-8H2,(H,21,22)(H,23,24)/b6-3+. The number of halogens is 2. The second kappa shape index (κ2) is 5.88. The lowest BCUT2D eigenvalue weighted by Crippen LogP contribution is -2.19. The Labute approximate surface area is 136 Å². The third-order valence-corrected chi connectivity index (χ3v) is 3.90. The van der Waals surface area contributed by atoms with Gasteiger partial charge in [-0.05, 0) is 35.9 Å². The molecule has 24 heavy (non-hydrogen) atoms. The third-order valence-electron chi connectivity index (χ3n) is 3.90. The van der Waals surface area contributed by atoms with E-state index in [0.29, 0.717) is 29.0 Å². The first-order valence-electron chi connectivity index (χ1n) is 7.61. The quantitative estimate of drug-likeness (QED) is 0.776. The van der Waals surface area contributed by atoms with E-state index in [4.69, 9.17) is 0 Å². The van der Waals surface area contributed by atoms with E-state index >= 15 is 0 Å². The first-order valence-corrected chi connectivity index (χ1v) is 7.61. The highest BCUT2D eigenvalue weighted by atomic mass is 19.1. The predicted molar refractivity (Wildman–Crippen MR) is 90.8 cm³/mol. The fourth-order valence-corrected chi connectivity index (χ4v) is 2.70. The van der Waals surface area contributed by atoms with Gasteiger partial charge in [0.15, 0.2) is 5.82 Å². The van der Waals surface area contributed by atoms with Gasteiger partial charge in [-0.2, -0.15) is 5.10 Å². The second-order valence-electron chi connectivity index (χ2n) is 5.53. The molecule has 0 unspecified atom stereocenters. The highest BCUT2D eigenvalue weighted by Crippen LogP contribution is 2.23. The minimum Gasteiger partial charge on any atom is -0.368 e. The van der Waals surface area contributed by atoms with Crippen LogP contribution in [0.25, 0.3) is 23.1 Å². The van der Waals surface area contributed by atoms with Crippen LogP contribution in [0, 0.1) is 11.6 Å². The van der Waals surface area contributed by atoms with Gasteiger partial charge >= 0.3 is 0 Å². The Kier molecular flexibility index (Phi) is 3.57. The van der Waals surface area contributed by atoms with Gasteiger partial charge in [0.05, 0.1) is 12.2 Å². The monoisotopic (exact) mass is 324 g/mol. The molecule has 0 spiro atoms. The molecule has 0 fully saturated rings. The Morgan fingerprint density at radius 3 is 2.62 bits per heavy atom. The van der Waals surface area contributed by atoms with Crippen LogP contribution in [-0.2, 0) is 0 Å². The molecule has 0 saturated carbocycles. The lowest BCUT2D eigenvalue weighted by molar-refractivity contribution is 0.627. The summed E-state index contributed by atoms with van der Waals surface area (Å²) in [6.45, 7) is 1.45. The normalized spacial score (nSPS) is 14.3. The van der Waals surface area contributed by atoms with Crippen molar-refractivity contribution < 1.29 is 8.78 Å². The van der Waals surface area contributed by atoms with Crippen LogP contribution in [-0.4, -0.2) is 29.1 Å². The molecule has 1 aromatic heterocycles. The second-order valence-corrected chi connectivity index (χ2v) is 5.53. The van der Waals surface area contributed by atoms with E-state index in [-0.39, 0.29) is 11.3 Å². The van der Waals surface area contributed by atoms with Crippen LogP contribution in [0.5, 0.6) is 0 Å². The molecular formula is C18H14F2N4. The summed E-state index contributed by atoms with van der Waals surface area (Å²) in [5.41, 5.74) is 2.53. The zero-order valence-corrected chi connectivity index (χ0v) is 12.7. The minimum atomic E-state index is -0.392. The summed E-state index contributed by atoms with van der Waals surface area (Å²) in [6, 6.07) is 9.44. The molecule has 120 valence electrons. The van der Waals surface area contributed by atoms with Crippen molar-refractivity contribution in [1.29, 1.82) is 0 Å². The highest BCUT2D eigenvalue weighted by Gasteiger charge is 2.14. The minimum absolute atomic E-state index is 0.282. The zero-order valence-electron chi connectivity index (χ0n) is 12.7. The van der Waals surface area contributed by atoms with Gasteiger partial charge in [-0.3, -0.25) is 10.1 Å².